The molecule has 0 N–H and O–H groups in total. The lowest BCUT2D eigenvalue weighted by Crippen LogP contribution is -2.33. The molecule has 0 saturated carbocycles. The van der Waals surface area contributed by atoms with Crippen LogP contribution in [0.4, 0.5) is 4.39 Å². The summed E-state index contributed by atoms with van der Waals surface area (Å²) in [6, 6.07) is 13.1. The normalized spacial score (nSPS) is 11.7. The Morgan fingerprint density at radius 3 is 2.33 bits per heavy atom. The van der Waals surface area contributed by atoms with Crippen LogP contribution < -0.4 is 0 Å². The lowest BCUT2D eigenvalue weighted by atomic mass is 9.79. The van der Waals surface area contributed by atoms with Crippen LogP contribution in [0.25, 0.3) is 0 Å². The molecule has 0 aliphatic rings. The number of halogens is 5. The van der Waals surface area contributed by atoms with Crippen LogP contribution in [0, 0.1) is 5.82 Å². The van der Waals surface area contributed by atoms with Crippen LogP contribution in [-0.2, 0) is 11.8 Å². The first-order valence-corrected chi connectivity index (χ1v) is 9.74. The third-order valence-electron chi connectivity index (χ3n) is 3.51. The summed E-state index contributed by atoms with van der Waals surface area (Å²) in [6.45, 7) is 0. The number of hydrogen-bond acceptors (Lipinski definition) is 0. The van der Waals surface area contributed by atoms with Crippen molar-refractivity contribution in [3.63, 3.8) is 0 Å². The fraction of sp³-hybridized carbons (Fsp3) is 0.250. The SMILES string of the molecule is Fc1cccc(CC(CBr)(CBr)c2cccc(Br)c2)c1Cl. The van der Waals surface area contributed by atoms with Gasteiger partial charge in [0.25, 0.3) is 0 Å². The smallest absolute Gasteiger partial charge is 0.142 e. The van der Waals surface area contributed by atoms with Crippen molar-refractivity contribution in [2.45, 2.75) is 11.8 Å². The molecule has 0 aliphatic heterocycles. The van der Waals surface area contributed by atoms with Gasteiger partial charge in [-0.05, 0) is 35.7 Å². The van der Waals surface area contributed by atoms with E-state index in [2.05, 4.69) is 59.9 Å². The Bertz CT molecular complexity index is 627. The molecule has 5 heteroatoms. The molecule has 0 unspecified atom stereocenters. The number of alkyl halides is 2. The topological polar surface area (TPSA) is 0 Å². The molecular weight excluding hydrogens is 486 g/mol. The Kier molecular flexibility index (Phi) is 6.30. The zero-order valence-corrected chi connectivity index (χ0v) is 16.6. The molecule has 0 fully saturated rings. The van der Waals surface area contributed by atoms with Crippen molar-refractivity contribution in [2.75, 3.05) is 10.7 Å². The minimum Gasteiger partial charge on any atom is -0.205 e. The lowest BCUT2D eigenvalue weighted by molar-refractivity contribution is 0.546. The number of benzene rings is 2. The van der Waals surface area contributed by atoms with E-state index in [0.29, 0.717) is 6.42 Å². The lowest BCUT2D eigenvalue weighted by Gasteiger charge is -2.31. The Morgan fingerprint density at radius 1 is 1.05 bits per heavy atom. The number of hydrogen-bond donors (Lipinski definition) is 0. The molecule has 0 amide bonds. The molecule has 2 aromatic rings. The third-order valence-corrected chi connectivity index (χ3v) is 6.57. The maximum Gasteiger partial charge on any atom is 0.142 e. The highest BCUT2D eigenvalue weighted by Crippen LogP contribution is 2.36. The largest absolute Gasteiger partial charge is 0.205 e. The second-order valence-corrected chi connectivity index (χ2v) is 7.36. The van der Waals surface area contributed by atoms with Gasteiger partial charge in [0, 0.05) is 20.5 Å². The summed E-state index contributed by atoms with van der Waals surface area (Å²) in [7, 11) is 0. The summed E-state index contributed by atoms with van der Waals surface area (Å²) in [4.78, 5) is 0. The van der Waals surface area contributed by atoms with Crippen LogP contribution in [0.1, 0.15) is 11.1 Å². The Balaban J connectivity index is 2.45. The molecule has 0 heterocycles. The van der Waals surface area contributed by atoms with Crippen LogP contribution in [0.15, 0.2) is 46.9 Å². The molecule has 0 saturated heterocycles. The van der Waals surface area contributed by atoms with Crippen molar-refractivity contribution in [1.82, 2.24) is 0 Å². The molecule has 21 heavy (non-hydrogen) atoms. The van der Waals surface area contributed by atoms with Gasteiger partial charge < -0.3 is 0 Å². The molecule has 0 spiro atoms. The average molecular weight is 499 g/mol. The van der Waals surface area contributed by atoms with Crippen molar-refractivity contribution in [1.29, 1.82) is 0 Å². The minimum absolute atomic E-state index is 0.193. The van der Waals surface area contributed by atoms with E-state index < -0.39 is 0 Å². The monoisotopic (exact) mass is 496 g/mol. The van der Waals surface area contributed by atoms with E-state index in [9.17, 15) is 4.39 Å². The van der Waals surface area contributed by atoms with Gasteiger partial charge in [-0.1, -0.05) is 83.7 Å². The van der Waals surface area contributed by atoms with E-state index in [1.807, 2.05) is 18.2 Å². The van der Waals surface area contributed by atoms with Gasteiger partial charge in [0.15, 0.2) is 0 Å². The third kappa shape index (κ3) is 3.90. The Hall–Kier alpha value is 0.1000. The zero-order valence-electron chi connectivity index (χ0n) is 11.1. The molecule has 0 nitrogen and oxygen atoms in total. The molecule has 112 valence electrons. The van der Waals surface area contributed by atoms with Gasteiger partial charge in [0.05, 0.1) is 5.02 Å². The second-order valence-electron chi connectivity index (χ2n) is 4.95. The first-order chi connectivity index (χ1) is 10.0. The highest BCUT2D eigenvalue weighted by molar-refractivity contribution is 9.10. The van der Waals surface area contributed by atoms with Crippen molar-refractivity contribution >= 4 is 59.4 Å². The van der Waals surface area contributed by atoms with Crippen molar-refractivity contribution in [3.05, 3.63) is 68.9 Å². The van der Waals surface area contributed by atoms with Gasteiger partial charge in [-0.3, -0.25) is 0 Å². The standard InChI is InChI=1S/C16H13Br3ClF/c17-9-16(10-18,12-4-2-5-13(19)7-12)8-11-3-1-6-14(21)15(11)20/h1-7H,8-10H2. The van der Waals surface area contributed by atoms with Crippen molar-refractivity contribution < 1.29 is 4.39 Å². The Morgan fingerprint density at radius 2 is 1.71 bits per heavy atom. The summed E-state index contributed by atoms with van der Waals surface area (Å²) >= 11 is 16.9. The average Bonchev–Trinajstić information content (AvgIpc) is 2.49. The van der Waals surface area contributed by atoms with Gasteiger partial charge in [0.1, 0.15) is 5.82 Å². The predicted octanol–water partition coefficient (Wildman–Crippen LogP) is 6.51. The molecule has 0 radical (unpaired) electrons. The van der Waals surface area contributed by atoms with E-state index >= 15 is 0 Å². The van der Waals surface area contributed by atoms with E-state index in [0.717, 1.165) is 20.7 Å². The highest BCUT2D eigenvalue weighted by Gasteiger charge is 2.31. The highest BCUT2D eigenvalue weighted by atomic mass is 79.9. The first-order valence-electron chi connectivity index (χ1n) is 6.33. The predicted molar refractivity (Wildman–Crippen MR) is 98.5 cm³/mol. The van der Waals surface area contributed by atoms with Crippen LogP contribution in [-0.4, -0.2) is 10.7 Å². The van der Waals surface area contributed by atoms with E-state index in [1.165, 1.54) is 11.6 Å². The van der Waals surface area contributed by atoms with E-state index in [1.54, 1.807) is 6.07 Å². The fourth-order valence-corrected chi connectivity index (χ4v) is 4.82. The minimum atomic E-state index is -0.374. The Labute approximate surface area is 154 Å². The van der Waals surface area contributed by atoms with E-state index in [-0.39, 0.29) is 16.3 Å². The first kappa shape index (κ1) is 17.5. The van der Waals surface area contributed by atoms with Crippen LogP contribution in [0.2, 0.25) is 5.02 Å². The molecule has 0 atom stereocenters. The zero-order chi connectivity index (χ0) is 15.5. The van der Waals surface area contributed by atoms with Gasteiger partial charge in [-0.2, -0.15) is 0 Å². The summed E-state index contributed by atoms with van der Waals surface area (Å²) in [5.74, 6) is -0.374. The van der Waals surface area contributed by atoms with Crippen LogP contribution in [0.5, 0.6) is 0 Å². The molecule has 0 aliphatic carbocycles. The van der Waals surface area contributed by atoms with Gasteiger partial charge in [-0.15, -0.1) is 0 Å². The van der Waals surface area contributed by atoms with Gasteiger partial charge in [0.2, 0.25) is 0 Å². The summed E-state index contributed by atoms with van der Waals surface area (Å²) in [5, 5.41) is 1.70. The summed E-state index contributed by atoms with van der Waals surface area (Å²) in [5.41, 5.74) is 1.79. The van der Waals surface area contributed by atoms with Crippen molar-refractivity contribution in [3.8, 4) is 0 Å². The molecule has 0 aromatic heterocycles. The maximum atomic E-state index is 13.7. The van der Waals surface area contributed by atoms with E-state index in [4.69, 9.17) is 11.6 Å². The maximum absolute atomic E-state index is 13.7. The van der Waals surface area contributed by atoms with Gasteiger partial charge in [-0.25, -0.2) is 4.39 Å². The molecule has 2 aromatic carbocycles. The van der Waals surface area contributed by atoms with Crippen molar-refractivity contribution in [2.24, 2.45) is 0 Å². The molecule has 2 rings (SSSR count). The fourth-order valence-electron chi connectivity index (χ4n) is 2.25. The summed E-state index contributed by atoms with van der Waals surface area (Å²) < 4.78 is 14.7. The quantitative estimate of drug-likeness (QED) is 0.412. The summed E-state index contributed by atoms with van der Waals surface area (Å²) in [6.07, 6.45) is 0.649. The van der Waals surface area contributed by atoms with Crippen LogP contribution >= 0.6 is 59.4 Å². The van der Waals surface area contributed by atoms with Gasteiger partial charge >= 0.3 is 0 Å². The number of rotatable bonds is 5. The molecule has 0 bridgehead atoms. The van der Waals surface area contributed by atoms with Crippen LogP contribution in [0.3, 0.4) is 0 Å². The molecular formula is C16H13Br3ClF. The second kappa shape index (κ2) is 7.58.